The summed E-state index contributed by atoms with van der Waals surface area (Å²) in [7, 11) is 0. The van der Waals surface area contributed by atoms with Crippen molar-refractivity contribution < 1.29 is 14.0 Å². The molecule has 1 unspecified atom stereocenters. The number of halogens is 2. The Kier molecular flexibility index (Phi) is 7.57. The van der Waals surface area contributed by atoms with E-state index >= 15 is 0 Å². The normalized spacial score (nSPS) is 11.5. The summed E-state index contributed by atoms with van der Waals surface area (Å²) in [5.74, 6) is -0.916. The number of hydrogen-bond acceptors (Lipinski definition) is 2. The lowest BCUT2D eigenvalue weighted by atomic mass is 10.0. The maximum atomic E-state index is 13.0. The molecule has 0 saturated carbocycles. The summed E-state index contributed by atoms with van der Waals surface area (Å²) in [4.78, 5) is 25.4. The Labute approximate surface area is 180 Å². The third kappa shape index (κ3) is 6.42. The minimum atomic E-state index is -0.733. The fraction of sp³-hybridized carbons (Fsp3) is 0.167. The van der Waals surface area contributed by atoms with E-state index in [1.807, 2.05) is 30.3 Å². The summed E-state index contributed by atoms with van der Waals surface area (Å²) in [5.41, 5.74) is 2.28. The van der Waals surface area contributed by atoms with Crippen LogP contribution in [-0.2, 0) is 17.6 Å². The summed E-state index contributed by atoms with van der Waals surface area (Å²) in [6, 6.07) is 21.4. The van der Waals surface area contributed by atoms with Gasteiger partial charge in [0.15, 0.2) is 0 Å². The van der Waals surface area contributed by atoms with Crippen molar-refractivity contribution in [3.63, 3.8) is 0 Å². The van der Waals surface area contributed by atoms with Crippen LogP contribution in [0.1, 0.15) is 21.5 Å². The van der Waals surface area contributed by atoms with Gasteiger partial charge in [-0.05, 0) is 53.9 Å². The molecule has 2 amide bonds. The van der Waals surface area contributed by atoms with Gasteiger partial charge in [-0.3, -0.25) is 9.59 Å². The van der Waals surface area contributed by atoms with Gasteiger partial charge in [0, 0.05) is 23.6 Å². The number of rotatable bonds is 8. The number of carbonyl (C=O) groups is 2. The highest BCUT2D eigenvalue weighted by Crippen LogP contribution is 2.11. The quantitative estimate of drug-likeness (QED) is 0.570. The molecule has 6 heteroatoms. The molecule has 154 valence electrons. The van der Waals surface area contributed by atoms with Gasteiger partial charge in [0.25, 0.3) is 5.91 Å². The number of carbonyl (C=O) groups excluding carboxylic acids is 2. The molecule has 0 radical (unpaired) electrons. The van der Waals surface area contributed by atoms with Gasteiger partial charge in [0.05, 0.1) is 0 Å². The molecule has 0 heterocycles. The largest absolute Gasteiger partial charge is 0.354 e. The van der Waals surface area contributed by atoms with Gasteiger partial charge in [-0.15, -0.1) is 0 Å². The molecule has 3 aromatic rings. The molecular weight excluding hydrogens is 403 g/mol. The first-order valence-electron chi connectivity index (χ1n) is 9.64. The first-order valence-corrected chi connectivity index (χ1v) is 10.0. The highest BCUT2D eigenvalue weighted by molar-refractivity contribution is 6.30. The average Bonchev–Trinajstić information content (AvgIpc) is 2.75. The predicted molar refractivity (Wildman–Crippen MR) is 116 cm³/mol. The average molecular weight is 425 g/mol. The molecule has 3 aromatic carbocycles. The van der Waals surface area contributed by atoms with Crippen LogP contribution in [0, 0.1) is 5.82 Å². The third-order valence-electron chi connectivity index (χ3n) is 4.64. The van der Waals surface area contributed by atoms with Crippen LogP contribution in [0.2, 0.25) is 5.02 Å². The summed E-state index contributed by atoms with van der Waals surface area (Å²) in [5, 5.41) is 6.21. The number of nitrogens with one attached hydrogen (secondary N) is 2. The first kappa shape index (κ1) is 21.5. The molecule has 0 aliphatic carbocycles. The van der Waals surface area contributed by atoms with E-state index < -0.39 is 6.04 Å². The van der Waals surface area contributed by atoms with Crippen LogP contribution in [0.25, 0.3) is 0 Å². The van der Waals surface area contributed by atoms with E-state index in [1.165, 1.54) is 12.1 Å². The van der Waals surface area contributed by atoms with E-state index in [-0.39, 0.29) is 17.6 Å². The van der Waals surface area contributed by atoms with Crippen LogP contribution < -0.4 is 10.6 Å². The topological polar surface area (TPSA) is 58.2 Å². The number of amides is 2. The van der Waals surface area contributed by atoms with Crippen LogP contribution in [0.4, 0.5) is 4.39 Å². The number of benzene rings is 3. The van der Waals surface area contributed by atoms with Crippen molar-refractivity contribution in [2.45, 2.75) is 18.9 Å². The third-order valence-corrected chi connectivity index (χ3v) is 4.89. The van der Waals surface area contributed by atoms with Gasteiger partial charge >= 0.3 is 0 Å². The lowest BCUT2D eigenvalue weighted by molar-refractivity contribution is -0.122. The summed E-state index contributed by atoms with van der Waals surface area (Å²) >= 11 is 5.88. The van der Waals surface area contributed by atoms with Crippen LogP contribution in [0.5, 0.6) is 0 Å². The van der Waals surface area contributed by atoms with Gasteiger partial charge in [0.1, 0.15) is 11.9 Å². The molecule has 0 spiro atoms. The van der Waals surface area contributed by atoms with Crippen LogP contribution in [0.15, 0.2) is 78.9 Å². The Morgan fingerprint density at radius 1 is 0.867 bits per heavy atom. The highest BCUT2D eigenvalue weighted by Gasteiger charge is 2.21. The second kappa shape index (κ2) is 10.6. The zero-order valence-corrected chi connectivity index (χ0v) is 17.0. The summed E-state index contributed by atoms with van der Waals surface area (Å²) in [6.45, 7) is 0.382. The molecule has 30 heavy (non-hydrogen) atoms. The van der Waals surface area contributed by atoms with Crippen molar-refractivity contribution in [2.75, 3.05) is 6.54 Å². The fourth-order valence-electron chi connectivity index (χ4n) is 3.01. The van der Waals surface area contributed by atoms with Crippen molar-refractivity contribution in [1.29, 1.82) is 0 Å². The molecule has 0 aromatic heterocycles. The van der Waals surface area contributed by atoms with Crippen LogP contribution in [0.3, 0.4) is 0 Å². The SMILES string of the molecule is O=C(NC(Cc1ccccc1)C(=O)NCCc1ccc(F)cc1)c1ccc(Cl)cc1. The maximum absolute atomic E-state index is 13.0. The van der Waals surface area contributed by atoms with Crippen molar-refractivity contribution >= 4 is 23.4 Å². The molecule has 0 fully saturated rings. The Morgan fingerprint density at radius 2 is 1.53 bits per heavy atom. The van der Waals surface area contributed by atoms with E-state index in [4.69, 9.17) is 11.6 Å². The molecule has 0 aliphatic rings. The summed E-state index contributed by atoms with van der Waals surface area (Å²) in [6.07, 6.45) is 0.928. The van der Waals surface area contributed by atoms with E-state index in [1.54, 1.807) is 36.4 Å². The molecular formula is C24H22ClFN2O2. The molecule has 3 rings (SSSR count). The second-order valence-electron chi connectivity index (χ2n) is 6.89. The standard InChI is InChI=1S/C24H22ClFN2O2/c25-20-10-8-19(9-11-20)23(29)28-22(16-18-4-2-1-3-5-18)24(30)27-15-14-17-6-12-21(26)13-7-17/h1-13,22H,14-16H2,(H,27,30)(H,28,29). The molecule has 0 bridgehead atoms. The molecule has 0 saturated heterocycles. The highest BCUT2D eigenvalue weighted by atomic mass is 35.5. The predicted octanol–water partition coefficient (Wildman–Crippen LogP) is 4.18. The van der Waals surface area contributed by atoms with Crippen molar-refractivity contribution in [1.82, 2.24) is 10.6 Å². The smallest absolute Gasteiger partial charge is 0.251 e. The van der Waals surface area contributed by atoms with Crippen LogP contribution >= 0.6 is 11.6 Å². The van der Waals surface area contributed by atoms with Gasteiger partial charge < -0.3 is 10.6 Å². The van der Waals surface area contributed by atoms with E-state index in [9.17, 15) is 14.0 Å². The van der Waals surface area contributed by atoms with E-state index in [0.29, 0.717) is 30.0 Å². The van der Waals surface area contributed by atoms with E-state index in [0.717, 1.165) is 11.1 Å². The Balaban J connectivity index is 1.64. The minimum Gasteiger partial charge on any atom is -0.354 e. The van der Waals surface area contributed by atoms with E-state index in [2.05, 4.69) is 10.6 Å². The monoisotopic (exact) mass is 424 g/mol. The second-order valence-corrected chi connectivity index (χ2v) is 7.33. The van der Waals surface area contributed by atoms with Gasteiger partial charge in [-0.25, -0.2) is 4.39 Å². The zero-order chi connectivity index (χ0) is 21.3. The fourth-order valence-corrected chi connectivity index (χ4v) is 3.13. The molecule has 4 nitrogen and oxygen atoms in total. The van der Waals surface area contributed by atoms with Crippen molar-refractivity contribution in [3.8, 4) is 0 Å². The van der Waals surface area contributed by atoms with Gasteiger partial charge in [-0.2, -0.15) is 0 Å². The maximum Gasteiger partial charge on any atom is 0.251 e. The lowest BCUT2D eigenvalue weighted by Crippen LogP contribution is -2.48. The van der Waals surface area contributed by atoms with Gasteiger partial charge in [-0.1, -0.05) is 54.1 Å². The Hall–Kier alpha value is -3.18. The molecule has 2 N–H and O–H groups in total. The Bertz CT molecular complexity index is 976. The lowest BCUT2D eigenvalue weighted by Gasteiger charge is -2.19. The van der Waals surface area contributed by atoms with Gasteiger partial charge in [0.2, 0.25) is 5.91 Å². The molecule has 0 aliphatic heterocycles. The molecule has 1 atom stereocenters. The first-order chi connectivity index (χ1) is 14.5. The Morgan fingerprint density at radius 3 is 2.20 bits per heavy atom. The van der Waals surface area contributed by atoms with Crippen LogP contribution in [-0.4, -0.2) is 24.4 Å². The minimum absolute atomic E-state index is 0.275. The summed E-state index contributed by atoms with van der Waals surface area (Å²) < 4.78 is 13.0. The zero-order valence-electron chi connectivity index (χ0n) is 16.3. The van der Waals surface area contributed by atoms with Crippen molar-refractivity contribution in [3.05, 3.63) is 106 Å². The van der Waals surface area contributed by atoms with Crippen molar-refractivity contribution in [2.24, 2.45) is 0 Å². The number of hydrogen-bond donors (Lipinski definition) is 2.